The van der Waals surface area contributed by atoms with E-state index < -0.39 is 5.97 Å². The Morgan fingerprint density at radius 2 is 2.10 bits per heavy atom. The van der Waals surface area contributed by atoms with Crippen LogP contribution in [0.2, 0.25) is 0 Å². The number of hydrogen-bond acceptors (Lipinski definition) is 3. The second-order valence-corrected chi connectivity index (χ2v) is 6.71. The van der Waals surface area contributed by atoms with E-state index in [1.165, 1.54) is 38.2 Å². The minimum Gasteiger partial charge on any atom is -0.475 e. The molecule has 3 fully saturated rings. The molecule has 1 aromatic rings. The summed E-state index contributed by atoms with van der Waals surface area (Å²) < 4.78 is 5.31. The van der Waals surface area contributed by atoms with Gasteiger partial charge in [-0.3, -0.25) is 0 Å². The summed E-state index contributed by atoms with van der Waals surface area (Å²) in [5.41, 5.74) is 0. The van der Waals surface area contributed by atoms with Gasteiger partial charge >= 0.3 is 5.97 Å². The lowest BCUT2D eigenvalue weighted by molar-refractivity contribution is 0.0660. The quantitative estimate of drug-likeness (QED) is 0.887. The van der Waals surface area contributed by atoms with Crippen LogP contribution in [0.1, 0.15) is 48.4 Å². The van der Waals surface area contributed by atoms with Gasteiger partial charge in [-0.15, -0.1) is 0 Å². The average molecular weight is 275 g/mol. The molecule has 5 atom stereocenters. The molecule has 4 heteroatoms. The number of carboxylic acids is 1. The van der Waals surface area contributed by atoms with Gasteiger partial charge in [0.25, 0.3) is 0 Å². The summed E-state index contributed by atoms with van der Waals surface area (Å²) >= 11 is 0. The third kappa shape index (κ3) is 1.89. The highest BCUT2D eigenvalue weighted by Crippen LogP contribution is 2.58. The Bertz CT molecular complexity index is 524. The highest BCUT2D eigenvalue weighted by Gasteiger charge is 2.53. The van der Waals surface area contributed by atoms with Crippen LogP contribution < -0.4 is 5.32 Å². The largest absolute Gasteiger partial charge is 0.475 e. The molecule has 0 spiro atoms. The van der Waals surface area contributed by atoms with Gasteiger partial charge in [0, 0.05) is 6.04 Å². The minimum atomic E-state index is -0.995. The first-order valence-electron chi connectivity index (χ1n) is 7.78. The van der Waals surface area contributed by atoms with Gasteiger partial charge < -0.3 is 14.8 Å². The number of rotatable bonds is 4. The zero-order valence-electron chi connectivity index (χ0n) is 11.5. The molecule has 2 bridgehead atoms. The van der Waals surface area contributed by atoms with Crippen molar-refractivity contribution in [2.24, 2.45) is 23.7 Å². The standard InChI is InChI=1S/C16H21NO3/c18-16(19)15-5-4-10(20-15)8-17-14-7-9-6-13(14)12-3-1-2-11(9)12/h4-5,9,11-14,17H,1-3,6-8H2,(H,18,19). The smallest absolute Gasteiger partial charge is 0.371 e. The number of carbonyl (C=O) groups is 1. The normalized spacial score (nSPS) is 38.3. The van der Waals surface area contributed by atoms with E-state index in [0.717, 1.165) is 29.4 Å². The van der Waals surface area contributed by atoms with E-state index in [2.05, 4.69) is 5.32 Å². The Balaban J connectivity index is 1.37. The van der Waals surface area contributed by atoms with Crippen LogP contribution in [0.15, 0.2) is 16.5 Å². The van der Waals surface area contributed by atoms with Crippen LogP contribution >= 0.6 is 0 Å². The van der Waals surface area contributed by atoms with Gasteiger partial charge in [-0.2, -0.15) is 0 Å². The molecule has 0 saturated heterocycles. The van der Waals surface area contributed by atoms with E-state index >= 15 is 0 Å². The van der Waals surface area contributed by atoms with Crippen LogP contribution in [0.3, 0.4) is 0 Å². The lowest BCUT2D eigenvalue weighted by atomic mass is 9.79. The number of aromatic carboxylic acids is 1. The van der Waals surface area contributed by atoms with Crippen molar-refractivity contribution in [2.75, 3.05) is 0 Å². The zero-order valence-corrected chi connectivity index (χ0v) is 11.5. The lowest BCUT2D eigenvalue weighted by Gasteiger charge is -2.32. The van der Waals surface area contributed by atoms with Crippen LogP contribution in [-0.2, 0) is 6.54 Å². The molecule has 5 unspecified atom stereocenters. The minimum absolute atomic E-state index is 0.0330. The van der Waals surface area contributed by atoms with Crippen molar-refractivity contribution in [3.8, 4) is 0 Å². The summed E-state index contributed by atoms with van der Waals surface area (Å²) in [5, 5.41) is 12.5. The molecular formula is C16H21NO3. The Hall–Kier alpha value is -1.29. The van der Waals surface area contributed by atoms with Gasteiger partial charge in [0.05, 0.1) is 6.54 Å². The fourth-order valence-electron chi connectivity index (χ4n) is 5.12. The third-order valence-corrected chi connectivity index (χ3v) is 5.84. The topological polar surface area (TPSA) is 62.5 Å². The van der Waals surface area contributed by atoms with Crippen LogP contribution in [0.5, 0.6) is 0 Å². The van der Waals surface area contributed by atoms with Gasteiger partial charge in [0.15, 0.2) is 0 Å². The number of hydrogen-bond donors (Lipinski definition) is 2. The van der Waals surface area contributed by atoms with Gasteiger partial charge in [-0.1, -0.05) is 6.42 Å². The summed E-state index contributed by atoms with van der Waals surface area (Å²) in [4.78, 5) is 10.8. The highest BCUT2D eigenvalue weighted by molar-refractivity contribution is 5.84. The molecule has 0 aliphatic heterocycles. The van der Waals surface area contributed by atoms with Gasteiger partial charge in [-0.25, -0.2) is 4.79 Å². The molecular weight excluding hydrogens is 254 g/mol. The van der Waals surface area contributed by atoms with Crippen LogP contribution in [0.4, 0.5) is 0 Å². The monoisotopic (exact) mass is 275 g/mol. The lowest BCUT2D eigenvalue weighted by Crippen LogP contribution is -2.38. The molecule has 20 heavy (non-hydrogen) atoms. The summed E-state index contributed by atoms with van der Waals surface area (Å²) in [5.74, 6) is 3.53. The number of furan rings is 1. The van der Waals surface area contributed by atoms with Crippen LogP contribution in [0, 0.1) is 23.7 Å². The Labute approximate surface area is 118 Å². The summed E-state index contributed by atoms with van der Waals surface area (Å²) in [7, 11) is 0. The molecule has 3 aliphatic carbocycles. The molecule has 0 aromatic carbocycles. The van der Waals surface area contributed by atoms with Crippen LogP contribution in [0.25, 0.3) is 0 Å². The Morgan fingerprint density at radius 1 is 1.25 bits per heavy atom. The average Bonchev–Trinajstić information content (AvgIpc) is 3.17. The first-order chi connectivity index (χ1) is 9.72. The van der Waals surface area contributed by atoms with Gasteiger partial charge in [-0.05, 0) is 61.5 Å². The molecule has 3 saturated carbocycles. The van der Waals surface area contributed by atoms with E-state index in [0.29, 0.717) is 12.6 Å². The van der Waals surface area contributed by atoms with Crippen molar-refractivity contribution >= 4 is 5.97 Å². The van der Waals surface area contributed by atoms with Crippen molar-refractivity contribution in [2.45, 2.75) is 44.7 Å². The first kappa shape index (κ1) is 12.5. The molecule has 1 heterocycles. The van der Waals surface area contributed by atoms with Gasteiger partial charge in [0.2, 0.25) is 5.76 Å². The molecule has 108 valence electrons. The fraction of sp³-hybridized carbons (Fsp3) is 0.688. The predicted molar refractivity (Wildman–Crippen MR) is 73.3 cm³/mol. The molecule has 0 radical (unpaired) electrons. The first-order valence-corrected chi connectivity index (χ1v) is 7.78. The van der Waals surface area contributed by atoms with E-state index in [4.69, 9.17) is 9.52 Å². The molecule has 4 rings (SSSR count). The van der Waals surface area contributed by atoms with Crippen LogP contribution in [-0.4, -0.2) is 17.1 Å². The molecule has 0 amide bonds. The second-order valence-electron chi connectivity index (χ2n) is 6.71. The predicted octanol–water partition coefficient (Wildman–Crippen LogP) is 2.89. The zero-order chi connectivity index (χ0) is 13.7. The maximum atomic E-state index is 10.8. The molecule has 2 N–H and O–H groups in total. The SMILES string of the molecule is O=C(O)c1ccc(CNC2CC3CC2C2CCCC32)o1. The summed E-state index contributed by atoms with van der Waals surface area (Å²) in [6.07, 6.45) is 7.02. The second kappa shape index (κ2) is 4.62. The summed E-state index contributed by atoms with van der Waals surface area (Å²) in [6.45, 7) is 0.651. The molecule has 1 aromatic heterocycles. The number of fused-ring (bicyclic) bond motifs is 5. The molecule has 4 nitrogen and oxygen atoms in total. The summed E-state index contributed by atoms with van der Waals surface area (Å²) in [6, 6.07) is 3.91. The fourth-order valence-corrected chi connectivity index (χ4v) is 5.12. The number of nitrogens with one attached hydrogen (secondary N) is 1. The van der Waals surface area contributed by atoms with Crippen molar-refractivity contribution in [3.63, 3.8) is 0 Å². The van der Waals surface area contributed by atoms with E-state index in [1.54, 1.807) is 6.07 Å². The maximum absolute atomic E-state index is 10.8. The Kier molecular flexibility index (Phi) is 2.88. The van der Waals surface area contributed by atoms with Crippen molar-refractivity contribution < 1.29 is 14.3 Å². The third-order valence-electron chi connectivity index (χ3n) is 5.84. The van der Waals surface area contributed by atoms with Crippen molar-refractivity contribution in [3.05, 3.63) is 23.7 Å². The van der Waals surface area contributed by atoms with E-state index in [9.17, 15) is 4.79 Å². The van der Waals surface area contributed by atoms with Crippen molar-refractivity contribution in [1.29, 1.82) is 0 Å². The van der Waals surface area contributed by atoms with Gasteiger partial charge in [0.1, 0.15) is 5.76 Å². The number of carboxylic acid groups (broad SMARTS) is 1. The van der Waals surface area contributed by atoms with E-state index in [1.807, 2.05) is 0 Å². The van der Waals surface area contributed by atoms with E-state index in [-0.39, 0.29) is 5.76 Å². The van der Waals surface area contributed by atoms with Crippen molar-refractivity contribution in [1.82, 2.24) is 5.32 Å². The highest BCUT2D eigenvalue weighted by atomic mass is 16.4. The maximum Gasteiger partial charge on any atom is 0.371 e. The molecule has 3 aliphatic rings. The Morgan fingerprint density at radius 3 is 2.90 bits per heavy atom.